The van der Waals surface area contributed by atoms with E-state index >= 15 is 0 Å². The third-order valence-electron chi connectivity index (χ3n) is 5.37. The zero-order chi connectivity index (χ0) is 27.3. The van der Waals surface area contributed by atoms with Crippen molar-refractivity contribution in [1.29, 1.82) is 0 Å². The molecule has 3 aromatic rings. The molecular formula is C31H41N3O2S. The van der Waals surface area contributed by atoms with Gasteiger partial charge in [0.05, 0.1) is 6.54 Å². The topological polar surface area (TPSA) is 62.3 Å². The lowest BCUT2D eigenvalue weighted by Crippen LogP contribution is -2.23. The van der Waals surface area contributed by atoms with Crippen LogP contribution in [-0.2, 0) is 35.5 Å². The molecule has 0 fully saturated rings. The molecule has 0 saturated heterocycles. The second-order valence-electron chi connectivity index (χ2n) is 8.21. The van der Waals surface area contributed by atoms with E-state index in [0.717, 1.165) is 25.2 Å². The smallest absolute Gasteiger partial charge is 0.222 e. The molecule has 2 amide bonds. The van der Waals surface area contributed by atoms with Crippen LogP contribution in [0.2, 0.25) is 0 Å². The van der Waals surface area contributed by atoms with Crippen molar-refractivity contribution in [2.24, 2.45) is 0 Å². The van der Waals surface area contributed by atoms with Crippen molar-refractivity contribution in [2.45, 2.75) is 72.9 Å². The number of benzene rings is 1. The van der Waals surface area contributed by atoms with Crippen molar-refractivity contribution >= 4 is 23.2 Å². The Morgan fingerprint density at radius 3 is 2.08 bits per heavy atom. The van der Waals surface area contributed by atoms with Gasteiger partial charge >= 0.3 is 0 Å². The van der Waals surface area contributed by atoms with Gasteiger partial charge < -0.3 is 10.2 Å². The minimum Gasteiger partial charge on any atom is -0.345 e. The number of thiophene rings is 1. The number of hydrogen-bond acceptors (Lipinski definition) is 4. The summed E-state index contributed by atoms with van der Waals surface area (Å²) in [6, 6.07) is 18.5. The van der Waals surface area contributed by atoms with Crippen LogP contribution in [0.4, 0.5) is 0 Å². The lowest BCUT2D eigenvalue weighted by molar-refractivity contribution is -0.131. The SMILES string of the molecule is C#CCNC(=O)CC.CCC(=O)N1Cc2ccccc2C1.CCCc1cccs1.CCc1ccccn1. The second kappa shape index (κ2) is 19.7. The Hall–Kier alpha value is -3.43. The van der Waals surface area contributed by atoms with Crippen LogP contribution in [0.25, 0.3) is 0 Å². The van der Waals surface area contributed by atoms with E-state index in [0.29, 0.717) is 19.4 Å². The quantitative estimate of drug-likeness (QED) is 0.382. The van der Waals surface area contributed by atoms with Crippen molar-refractivity contribution < 1.29 is 9.59 Å². The summed E-state index contributed by atoms with van der Waals surface area (Å²) in [6.07, 6.45) is 11.3. The number of carbonyl (C=O) groups excluding carboxylic acids is 2. The molecule has 0 unspecified atom stereocenters. The first-order valence-electron chi connectivity index (χ1n) is 13.0. The molecular weight excluding hydrogens is 478 g/mol. The minimum atomic E-state index is 0.00273. The van der Waals surface area contributed by atoms with Crippen LogP contribution < -0.4 is 5.32 Å². The molecule has 2 aromatic heterocycles. The zero-order valence-electron chi connectivity index (χ0n) is 22.7. The molecule has 1 N–H and O–H groups in total. The van der Waals surface area contributed by atoms with Gasteiger partial charge in [-0.3, -0.25) is 14.6 Å². The van der Waals surface area contributed by atoms with E-state index < -0.39 is 0 Å². The largest absolute Gasteiger partial charge is 0.345 e. The number of nitrogens with one attached hydrogen (secondary N) is 1. The van der Waals surface area contributed by atoms with E-state index in [9.17, 15) is 9.59 Å². The molecule has 0 atom stereocenters. The van der Waals surface area contributed by atoms with Crippen molar-refractivity contribution in [3.8, 4) is 12.3 Å². The summed E-state index contributed by atoms with van der Waals surface area (Å²) in [6.45, 7) is 9.93. The lowest BCUT2D eigenvalue weighted by Gasteiger charge is -2.13. The Bertz CT molecular complexity index is 1030. The Morgan fingerprint density at radius 1 is 0.973 bits per heavy atom. The number of aryl methyl sites for hydroxylation is 2. The number of fused-ring (bicyclic) bond motifs is 1. The average Bonchev–Trinajstić information content (AvgIpc) is 3.63. The maximum atomic E-state index is 11.4. The zero-order valence-corrected chi connectivity index (χ0v) is 23.5. The lowest BCUT2D eigenvalue weighted by atomic mass is 10.1. The van der Waals surface area contributed by atoms with Crippen LogP contribution in [-0.4, -0.2) is 28.2 Å². The van der Waals surface area contributed by atoms with E-state index in [1.807, 2.05) is 59.7 Å². The average molecular weight is 520 g/mol. The normalized spacial score (nSPS) is 10.7. The van der Waals surface area contributed by atoms with E-state index in [2.05, 4.69) is 59.7 Å². The molecule has 3 heterocycles. The van der Waals surface area contributed by atoms with Gasteiger partial charge in [0, 0.05) is 42.7 Å². The number of pyridine rings is 1. The van der Waals surface area contributed by atoms with E-state index in [4.69, 9.17) is 6.42 Å². The third kappa shape index (κ3) is 13.5. The summed E-state index contributed by atoms with van der Waals surface area (Å²) in [5.41, 5.74) is 3.75. The predicted octanol–water partition coefficient (Wildman–Crippen LogP) is 6.43. The van der Waals surface area contributed by atoms with Crippen molar-refractivity contribution in [3.63, 3.8) is 0 Å². The standard InChI is InChI=1S/C11H13NO.C7H9N.C7H10S.C6H9NO/c1-2-11(13)12-7-9-5-3-4-6-10(9)8-12;1-2-7-5-3-4-6-8-7;1-2-4-7-5-3-6-8-7;1-3-5-7-6(8)4-2/h3-6H,2,7-8H2,1H3;3-6H,2H2,1H3;3,5-6H,2,4H2,1H3;1H,4-5H2,2H3,(H,7,8). The van der Waals surface area contributed by atoms with Crippen molar-refractivity contribution in [2.75, 3.05) is 6.54 Å². The number of amides is 2. The highest BCUT2D eigenvalue weighted by molar-refractivity contribution is 7.09. The van der Waals surface area contributed by atoms with E-state index in [1.165, 1.54) is 28.8 Å². The number of aromatic nitrogens is 1. The molecule has 198 valence electrons. The van der Waals surface area contributed by atoms with Crippen LogP contribution in [0.15, 0.2) is 66.2 Å². The Labute approximate surface area is 227 Å². The fraction of sp³-hybridized carbons (Fsp3) is 0.387. The second-order valence-corrected chi connectivity index (χ2v) is 9.24. The number of carbonyl (C=O) groups is 2. The van der Waals surface area contributed by atoms with Gasteiger partial charge in [0.1, 0.15) is 0 Å². The van der Waals surface area contributed by atoms with Gasteiger partial charge in [-0.25, -0.2) is 0 Å². The van der Waals surface area contributed by atoms with Gasteiger partial charge in [-0.1, -0.05) is 76.4 Å². The Balaban J connectivity index is 0.000000255. The van der Waals surface area contributed by atoms with Gasteiger partial charge in [0.15, 0.2) is 0 Å². The van der Waals surface area contributed by atoms with Crippen LogP contribution in [0.3, 0.4) is 0 Å². The van der Waals surface area contributed by atoms with Crippen LogP contribution in [0, 0.1) is 12.3 Å². The van der Waals surface area contributed by atoms with Gasteiger partial charge in [0.2, 0.25) is 11.8 Å². The molecule has 0 bridgehead atoms. The summed E-state index contributed by atoms with van der Waals surface area (Å²) < 4.78 is 0. The summed E-state index contributed by atoms with van der Waals surface area (Å²) in [5, 5.41) is 4.64. The molecule has 6 heteroatoms. The molecule has 1 aliphatic rings. The number of terminal acetylenes is 1. The fourth-order valence-corrected chi connectivity index (χ4v) is 4.13. The number of hydrogen-bond donors (Lipinski definition) is 1. The molecule has 5 nitrogen and oxygen atoms in total. The third-order valence-corrected chi connectivity index (χ3v) is 6.31. The summed E-state index contributed by atoms with van der Waals surface area (Å²) in [4.78, 5) is 29.3. The molecule has 0 saturated carbocycles. The monoisotopic (exact) mass is 519 g/mol. The predicted molar refractivity (Wildman–Crippen MR) is 155 cm³/mol. The molecule has 1 aliphatic heterocycles. The van der Waals surface area contributed by atoms with E-state index in [1.54, 1.807) is 6.92 Å². The first kappa shape index (κ1) is 31.6. The minimum absolute atomic E-state index is 0.00273. The fourth-order valence-electron chi connectivity index (χ4n) is 3.32. The first-order valence-corrected chi connectivity index (χ1v) is 13.8. The van der Waals surface area contributed by atoms with Crippen LogP contribution in [0.1, 0.15) is 68.7 Å². The molecule has 4 rings (SSSR count). The van der Waals surface area contributed by atoms with Gasteiger partial charge in [-0.05, 0) is 47.5 Å². The maximum Gasteiger partial charge on any atom is 0.222 e. The summed E-state index contributed by atoms with van der Waals surface area (Å²) in [5.74, 6) is 2.55. The number of nitrogens with zero attached hydrogens (tertiary/aromatic N) is 2. The summed E-state index contributed by atoms with van der Waals surface area (Å²) >= 11 is 1.85. The van der Waals surface area contributed by atoms with Crippen LogP contribution >= 0.6 is 11.3 Å². The molecule has 37 heavy (non-hydrogen) atoms. The first-order chi connectivity index (χ1) is 18.0. The van der Waals surface area contributed by atoms with Gasteiger partial charge in [0.25, 0.3) is 0 Å². The summed E-state index contributed by atoms with van der Waals surface area (Å²) in [7, 11) is 0. The highest BCUT2D eigenvalue weighted by Gasteiger charge is 2.20. The van der Waals surface area contributed by atoms with Crippen molar-refractivity contribution in [1.82, 2.24) is 15.2 Å². The number of rotatable bonds is 6. The molecule has 0 radical (unpaired) electrons. The molecule has 0 aliphatic carbocycles. The highest BCUT2D eigenvalue weighted by atomic mass is 32.1. The van der Waals surface area contributed by atoms with Gasteiger partial charge in [-0.2, -0.15) is 0 Å². The molecule has 0 spiro atoms. The van der Waals surface area contributed by atoms with Crippen molar-refractivity contribution in [3.05, 3.63) is 87.9 Å². The Morgan fingerprint density at radius 2 is 1.65 bits per heavy atom. The maximum absolute atomic E-state index is 11.4. The van der Waals surface area contributed by atoms with Crippen LogP contribution in [0.5, 0.6) is 0 Å². The van der Waals surface area contributed by atoms with Gasteiger partial charge in [-0.15, -0.1) is 17.8 Å². The highest BCUT2D eigenvalue weighted by Crippen LogP contribution is 2.22. The van der Waals surface area contributed by atoms with E-state index in [-0.39, 0.29) is 11.8 Å². The Kier molecular flexibility index (Phi) is 16.8. The molecule has 1 aromatic carbocycles.